The number of aromatic nitrogens is 4. The van der Waals surface area contributed by atoms with E-state index >= 15 is 0 Å². The first-order valence-corrected chi connectivity index (χ1v) is 16.9. The maximum Gasteiger partial charge on any atom is 0.123 e. The summed E-state index contributed by atoms with van der Waals surface area (Å²) in [5.41, 5.74) is 6.82. The Morgan fingerprint density at radius 3 is 1.76 bits per heavy atom. The maximum absolute atomic E-state index is 4.68. The number of hydrogen-bond acceptors (Lipinski definition) is 4. The summed E-state index contributed by atoms with van der Waals surface area (Å²) in [6, 6.07) is 18.0. The normalized spacial score (nSPS) is 28.4. The molecule has 4 aromatic rings. The average molecular weight is 728 g/mol. The molecule has 2 fully saturated rings. The Bertz CT molecular complexity index is 1380. The molecule has 2 aromatic carbocycles. The number of alkyl halides is 2. The predicted molar refractivity (Wildman–Crippen MR) is 172 cm³/mol. The summed E-state index contributed by atoms with van der Waals surface area (Å²) in [6.45, 7) is 2.29. The number of imidazole rings is 2. The van der Waals surface area contributed by atoms with Crippen molar-refractivity contribution in [1.82, 2.24) is 30.6 Å². The summed E-state index contributed by atoms with van der Waals surface area (Å²) in [5, 5.41) is 7.38. The van der Waals surface area contributed by atoms with Crippen LogP contribution in [0.25, 0.3) is 34.7 Å². The van der Waals surface area contributed by atoms with Crippen molar-refractivity contribution in [2.75, 3.05) is 0 Å². The van der Waals surface area contributed by atoms with Gasteiger partial charge in [-0.25, -0.2) is 9.97 Å². The third kappa shape index (κ3) is 4.96. The third-order valence-corrected chi connectivity index (χ3v) is 12.8. The highest BCUT2D eigenvalue weighted by atomic mass is 127. The number of nitrogens with one attached hydrogen (secondary N) is 4. The zero-order valence-electron chi connectivity index (χ0n) is 21.0. The largest absolute Gasteiger partial charge is 0.341 e. The topological polar surface area (TPSA) is 81.4 Å². The van der Waals surface area contributed by atoms with Gasteiger partial charge in [-0.05, 0) is 45.0 Å². The van der Waals surface area contributed by atoms with Crippen molar-refractivity contribution in [1.29, 1.82) is 0 Å². The molecule has 0 aliphatic carbocycles. The van der Waals surface area contributed by atoms with E-state index in [-0.39, 0.29) is 20.7 Å². The van der Waals surface area contributed by atoms with Gasteiger partial charge in [0, 0.05) is 5.92 Å². The molecule has 0 saturated carbocycles. The van der Waals surface area contributed by atoms with Crippen LogP contribution in [0.3, 0.4) is 0 Å². The average Bonchev–Trinajstić information content (AvgIpc) is 3.72. The van der Waals surface area contributed by atoms with Crippen molar-refractivity contribution in [3.63, 3.8) is 0 Å². The molecule has 3 aliphatic heterocycles. The molecular weight excluding hydrogens is 698 g/mol. The van der Waals surface area contributed by atoms with Crippen molar-refractivity contribution >= 4 is 59.5 Å². The molecule has 0 bridgehead atoms. The van der Waals surface area contributed by atoms with Gasteiger partial charge >= 0.3 is 0 Å². The molecule has 194 valence electrons. The van der Waals surface area contributed by atoms with Gasteiger partial charge in [0.1, 0.15) is 11.6 Å². The first kappa shape index (κ1) is 24.9. The molecule has 8 heteroatoms. The minimum absolute atomic E-state index is 0.259. The smallest absolute Gasteiger partial charge is 0.123 e. The van der Waals surface area contributed by atoms with Crippen molar-refractivity contribution in [3.05, 3.63) is 83.7 Å². The van der Waals surface area contributed by atoms with Crippen molar-refractivity contribution in [3.8, 4) is 22.5 Å². The number of H-pyrrole nitrogens is 2. The lowest BCUT2D eigenvalue weighted by molar-refractivity contribution is 0.588. The highest BCUT2D eigenvalue weighted by Crippen LogP contribution is 2.41. The van der Waals surface area contributed by atoms with Crippen LogP contribution in [0.1, 0.15) is 54.6 Å². The van der Waals surface area contributed by atoms with Crippen LogP contribution in [0.2, 0.25) is 0 Å². The van der Waals surface area contributed by atoms with Gasteiger partial charge < -0.3 is 9.97 Å². The van der Waals surface area contributed by atoms with E-state index in [9.17, 15) is 0 Å². The number of rotatable bonds is 6. The van der Waals surface area contributed by atoms with Crippen LogP contribution in [-0.2, 0) is 0 Å². The fourth-order valence-corrected chi connectivity index (χ4v) is 8.84. The Labute approximate surface area is 246 Å². The van der Waals surface area contributed by atoms with Crippen LogP contribution >= 0.6 is 43.3 Å². The SMILES string of the molecule is C[C@@H]1C[C@@H](c2ncc(-c3ccc(/C=C/c4ccc(-c5cnc([C@@H]6C[C@H]7C=I[C@H]7N6)[nH]5)cc4)cc3)[nH]2)N[C@@H]1I. The Morgan fingerprint density at radius 2 is 1.34 bits per heavy atom. The van der Waals surface area contributed by atoms with Crippen LogP contribution in [0.15, 0.2) is 60.9 Å². The third-order valence-electron chi connectivity index (χ3n) is 7.84. The second-order valence-electron chi connectivity index (χ2n) is 10.5. The first-order valence-electron chi connectivity index (χ1n) is 13.2. The van der Waals surface area contributed by atoms with E-state index in [1.807, 2.05) is 12.4 Å². The molecule has 0 radical (unpaired) electrons. The number of fused-ring (bicyclic) bond motifs is 1. The van der Waals surface area contributed by atoms with E-state index in [0.29, 0.717) is 22.1 Å². The Balaban J connectivity index is 0.982. The molecule has 7 rings (SSSR count). The standard InChI is InChI=1S/C30H30I2N6/c1-17-12-23(35-27(17)31)29-33-15-25(37-29)20-8-4-18(5-9-20)2-3-19-6-10-21(11-7-19)26-16-34-30(38-26)24-13-22-14-32-28(22)36-24/h2-11,14-17,22-24,27-28,35-36H,12-13H2,1H3,(H,33,37)(H,34,38)/b3-2+/t17-,22+,23+,24+,27+,28+/m1/s1. The zero-order valence-corrected chi connectivity index (χ0v) is 25.3. The van der Waals surface area contributed by atoms with Gasteiger partial charge in [-0.3, -0.25) is 10.6 Å². The van der Waals surface area contributed by atoms with E-state index in [1.165, 1.54) is 23.1 Å². The Kier molecular flexibility index (Phi) is 6.83. The number of aromatic amines is 2. The molecule has 0 unspecified atom stereocenters. The van der Waals surface area contributed by atoms with Gasteiger partial charge in [0.25, 0.3) is 0 Å². The zero-order chi connectivity index (χ0) is 25.6. The Hall–Kier alpha value is -2.15. The van der Waals surface area contributed by atoms with Crippen molar-refractivity contribution in [2.45, 2.75) is 39.9 Å². The minimum atomic E-state index is 0.259. The van der Waals surface area contributed by atoms with Gasteiger partial charge in [0.15, 0.2) is 0 Å². The Morgan fingerprint density at radius 1 is 0.789 bits per heavy atom. The second kappa shape index (κ2) is 10.4. The molecule has 2 aromatic heterocycles. The summed E-state index contributed by atoms with van der Waals surface area (Å²) < 4.78 is 3.80. The molecular formula is C30H30I2N6. The lowest BCUT2D eigenvalue weighted by atomic mass is 10.1. The molecule has 0 spiro atoms. The molecule has 6 nitrogen and oxygen atoms in total. The number of halogens is 2. The number of nitrogens with zero attached hydrogens (tertiary/aromatic N) is 2. The van der Waals surface area contributed by atoms with Gasteiger partial charge in [-0.15, -0.1) is 20.7 Å². The monoisotopic (exact) mass is 728 g/mol. The maximum atomic E-state index is 4.68. The molecule has 5 heterocycles. The number of hydrogen-bond donors (Lipinski definition) is 4. The summed E-state index contributed by atoms with van der Waals surface area (Å²) in [4.78, 5) is 16.4. The van der Waals surface area contributed by atoms with E-state index < -0.39 is 0 Å². The predicted octanol–water partition coefficient (Wildman–Crippen LogP) is 6.83. The van der Waals surface area contributed by atoms with E-state index in [1.54, 1.807) is 0 Å². The summed E-state index contributed by atoms with van der Waals surface area (Å²) in [6.07, 6.45) is 10.5. The summed E-state index contributed by atoms with van der Waals surface area (Å²) in [7, 11) is 0. The van der Waals surface area contributed by atoms with Crippen LogP contribution in [-0.4, -0.2) is 32.0 Å². The highest BCUT2D eigenvalue weighted by Gasteiger charge is 2.37. The van der Waals surface area contributed by atoms with E-state index in [2.05, 4.69) is 125 Å². The summed E-state index contributed by atoms with van der Waals surface area (Å²) in [5.74, 6) is 3.54. The van der Waals surface area contributed by atoms with Crippen LogP contribution in [0, 0.1) is 11.8 Å². The van der Waals surface area contributed by atoms with Gasteiger partial charge in [-0.1, -0.05) is 90.2 Å². The molecule has 2 saturated heterocycles. The molecule has 38 heavy (non-hydrogen) atoms. The van der Waals surface area contributed by atoms with E-state index in [4.69, 9.17) is 0 Å². The fourth-order valence-electron chi connectivity index (χ4n) is 5.47. The lowest BCUT2D eigenvalue weighted by Crippen LogP contribution is -2.28. The molecule has 6 atom stereocenters. The number of benzene rings is 2. The fraction of sp³-hybridized carbons (Fsp3) is 0.300. The molecule has 4 N–H and O–H groups in total. The van der Waals surface area contributed by atoms with Gasteiger partial charge in [0.2, 0.25) is 0 Å². The minimum Gasteiger partial charge on any atom is -0.341 e. The highest BCUT2D eigenvalue weighted by molar-refractivity contribution is 14.2. The molecule has 3 aliphatic rings. The van der Waals surface area contributed by atoms with Crippen molar-refractivity contribution < 1.29 is 0 Å². The van der Waals surface area contributed by atoms with Crippen LogP contribution < -0.4 is 10.6 Å². The van der Waals surface area contributed by atoms with Gasteiger partial charge in [-0.2, -0.15) is 0 Å². The van der Waals surface area contributed by atoms with Gasteiger partial charge in [0.05, 0.1) is 44.0 Å². The second-order valence-corrected chi connectivity index (χ2v) is 14.7. The first-order chi connectivity index (χ1) is 18.6. The van der Waals surface area contributed by atoms with Crippen molar-refractivity contribution in [2.24, 2.45) is 11.8 Å². The molecule has 0 amide bonds. The summed E-state index contributed by atoms with van der Waals surface area (Å²) >= 11 is 2.74. The van der Waals surface area contributed by atoms with Crippen LogP contribution in [0.4, 0.5) is 0 Å². The quantitative estimate of drug-likeness (QED) is 0.0760. The van der Waals surface area contributed by atoms with E-state index in [0.717, 1.165) is 45.0 Å². The van der Waals surface area contributed by atoms with Crippen LogP contribution in [0.5, 0.6) is 0 Å². The lowest BCUT2D eigenvalue weighted by Gasteiger charge is -2.18.